The average Bonchev–Trinajstić information content (AvgIpc) is 2.91. The zero-order valence-corrected chi connectivity index (χ0v) is 12.6. The molecule has 1 saturated carbocycles. The van der Waals surface area contributed by atoms with Gasteiger partial charge >= 0.3 is 0 Å². The molecule has 1 N–H and O–H groups in total. The van der Waals surface area contributed by atoms with Crippen molar-refractivity contribution in [1.82, 2.24) is 5.32 Å². The molecule has 1 aliphatic rings. The van der Waals surface area contributed by atoms with Gasteiger partial charge in [0.2, 0.25) is 0 Å². The van der Waals surface area contributed by atoms with Gasteiger partial charge in [0.1, 0.15) is 0 Å². The van der Waals surface area contributed by atoms with Gasteiger partial charge in [0.15, 0.2) is 0 Å². The van der Waals surface area contributed by atoms with E-state index < -0.39 is 0 Å². The van der Waals surface area contributed by atoms with Crippen LogP contribution in [0.25, 0.3) is 0 Å². The predicted octanol–water partition coefficient (Wildman–Crippen LogP) is 4.49. The number of nitrogens with one attached hydrogen (secondary N) is 1. The van der Waals surface area contributed by atoms with Gasteiger partial charge in [-0.1, -0.05) is 56.9 Å². The SMILES string of the molecule is CCNC(CCc1ccccc1C)CC1CCCC1. The smallest absolute Gasteiger partial charge is 0.00727 e. The molecule has 0 amide bonds. The van der Waals surface area contributed by atoms with Gasteiger partial charge in [0.05, 0.1) is 0 Å². The Morgan fingerprint density at radius 3 is 2.63 bits per heavy atom. The average molecular weight is 259 g/mol. The minimum Gasteiger partial charge on any atom is -0.314 e. The molecule has 19 heavy (non-hydrogen) atoms. The van der Waals surface area contributed by atoms with E-state index in [0.717, 1.165) is 12.5 Å². The first-order valence-corrected chi connectivity index (χ1v) is 8.07. The number of benzene rings is 1. The quantitative estimate of drug-likeness (QED) is 0.761. The van der Waals surface area contributed by atoms with Gasteiger partial charge in [-0.15, -0.1) is 0 Å². The summed E-state index contributed by atoms with van der Waals surface area (Å²) in [5.41, 5.74) is 2.97. The van der Waals surface area contributed by atoms with Crippen molar-refractivity contribution >= 4 is 0 Å². The van der Waals surface area contributed by atoms with Crippen molar-refractivity contribution in [2.75, 3.05) is 6.54 Å². The molecule has 0 heterocycles. The zero-order chi connectivity index (χ0) is 13.5. The highest BCUT2D eigenvalue weighted by Gasteiger charge is 2.19. The molecule has 106 valence electrons. The van der Waals surface area contributed by atoms with Crippen LogP contribution < -0.4 is 5.32 Å². The number of hydrogen-bond acceptors (Lipinski definition) is 1. The molecule has 0 spiro atoms. The molecule has 0 saturated heterocycles. The Balaban J connectivity index is 1.84. The van der Waals surface area contributed by atoms with E-state index in [2.05, 4.69) is 43.4 Å². The van der Waals surface area contributed by atoms with Crippen LogP contribution in [0, 0.1) is 12.8 Å². The Kier molecular flexibility index (Phi) is 5.91. The molecule has 1 heteroatoms. The minimum absolute atomic E-state index is 0.715. The third kappa shape index (κ3) is 4.65. The molecule has 1 fully saturated rings. The highest BCUT2D eigenvalue weighted by molar-refractivity contribution is 5.25. The van der Waals surface area contributed by atoms with Crippen LogP contribution in [0.4, 0.5) is 0 Å². The van der Waals surface area contributed by atoms with Crippen LogP contribution in [0.2, 0.25) is 0 Å². The van der Waals surface area contributed by atoms with E-state index in [1.165, 1.54) is 56.1 Å². The second kappa shape index (κ2) is 7.69. The molecule has 1 nitrogen and oxygen atoms in total. The lowest BCUT2D eigenvalue weighted by molar-refractivity contribution is 0.376. The van der Waals surface area contributed by atoms with Crippen molar-refractivity contribution in [2.45, 2.75) is 64.8 Å². The standard InChI is InChI=1S/C18H29N/c1-3-19-18(14-16-9-5-6-10-16)13-12-17-11-7-4-8-15(17)2/h4,7-8,11,16,18-19H,3,5-6,9-10,12-14H2,1-2H3. The van der Waals surface area contributed by atoms with Gasteiger partial charge in [-0.25, -0.2) is 0 Å². The Morgan fingerprint density at radius 2 is 1.95 bits per heavy atom. The van der Waals surface area contributed by atoms with Gasteiger partial charge in [-0.3, -0.25) is 0 Å². The molecule has 1 unspecified atom stereocenters. The molecular weight excluding hydrogens is 230 g/mol. The fourth-order valence-corrected chi connectivity index (χ4v) is 3.46. The normalized spacial score (nSPS) is 17.8. The number of hydrogen-bond donors (Lipinski definition) is 1. The van der Waals surface area contributed by atoms with Crippen molar-refractivity contribution in [1.29, 1.82) is 0 Å². The summed E-state index contributed by atoms with van der Waals surface area (Å²) in [6.07, 6.45) is 9.74. The zero-order valence-electron chi connectivity index (χ0n) is 12.6. The predicted molar refractivity (Wildman–Crippen MR) is 83.5 cm³/mol. The Labute approximate surface area is 118 Å². The lowest BCUT2D eigenvalue weighted by atomic mass is 9.93. The van der Waals surface area contributed by atoms with Crippen molar-refractivity contribution in [2.24, 2.45) is 5.92 Å². The van der Waals surface area contributed by atoms with E-state index in [1.54, 1.807) is 0 Å². The van der Waals surface area contributed by atoms with Crippen molar-refractivity contribution in [3.63, 3.8) is 0 Å². The first-order valence-electron chi connectivity index (χ1n) is 8.07. The second-order valence-corrected chi connectivity index (χ2v) is 6.11. The van der Waals surface area contributed by atoms with E-state index in [9.17, 15) is 0 Å². The Hall–Kier alpha value is -0.820. The summed E-state index contributed by atoms with van der Waals surface area (Å²) in [5.74, 6) is 0.987. The van der Waals surface area contributed by atoms with Crippen LogP contribution in [0.3, 0.4) is 0 Å². The van der Waals surface area contributed by atoms with Crippen LogP contribution >= 0.6 is 0 Å². The fraction of sp³-hybridized carbons (Fsp3) is 0.667. The van der Waals surface area contributed by atoms with Gasteiger partial charge in [0, 0.05) is 6.04 Å². The van der Waals surface area contributed by atoms with Gasteiger partial charge < -0.3 is 5.32 Å². The summed E-state index contributed by atoms with van der Waals surface area (Å²) >= 11 is 0. The monoisotopic (exact) mass is 259 g/mol. The lowest BCUT2D eigenvalue weighted by Crippen LogP contribution is -2.31. The van der Waals surface area contributed by atoms with Crippen LogP contribution in [-0.4, -0.2) is 12.6 Å². The highest BCUT2D eigenvalue weighted by atomic mass is 14.9. The first-order chi connectivity index (χ1) is 9.29. The molecular formula is C18H29N. The van der Waals surface area contributed by atoms with Crippen LogP contribution in [-0.2, 0) is 6.42 Å². The minimum atomic E-state index is 0.715. The maximum absolute atomic E-state index is 3.70. The summed E-state index contributed by atoms with van der Waals surface area (Å²) in [5, 5.41) is 3.70. The largest absolute Gasteiger partial charge is 0.314 e. The van der Waals surface area contributed by atoms with E-state index in [-0.39, 0.29) is 0 Å². The molecule has 1 atom stereocenters. The van der Waals surface area contributed by atoms with Gasteiger partial charge in [0.25, 0.3) is 0 Å². The van der Waals surface area contributed by atoms with E-state index in [1.807, 2.05) is 0 Å². The summed E-state index contributed by atoms with van der Waals surface area (Å²) < 4.78 is 0. The number of aryl methyl sites for hydroxylation is 2. The van der Waals surface area contributed by atoms with Gasteiger partial charge in [-0.05, 0) is 49.8 Å². The van der Waals surface area contributed by atoms with E-state index in [4.69, 9.17) is 0 Å². The summed E-state index contributed by atoms with van der Waals surface area (Å²) in [6.45, 7) is 5.56. The highest BCUT2D eigenvalue weighted by Crippen LogP contribution is 2.29. The topological polar surface area (TPSA) is 12.0 Å². The molecule has 0 radical (unpaired) electrons. The Morgan fingerprint density at radius 1 is 1.21 bits per heavy atom. The van der Waals surface area contributed by atoms with Crippen LogP contribution in [0.15, 0.2) is 24.3 Å². The molecule has 0 aromatic heterocycles. The first kappa shape index (κ1) is 14.6. The third-order valence-corrected chi connectivity index (χ3v) is 4.61. The summed E-state index contributed by atoms with van der Waals surface area (Å²) in [6, 6.07) is 9.54. The van der Waals surface area contributed by atoms with Crippen molar-refractivity contribution in [3.8, 4) is 0 Å². The number of rotatable bonds is 7. The van der Waals surface area contributed by atoms with Crippen LogP contribution in [0.5, 0.6) is 0 Å². The molecule has 0 aliphatic heterocycles. The summed E-state index contributed by atoms with van der Waals surface area (Å²) in [7, 11) is 0. The maximum Gasteiger partial charge on any atom is 0.00727 e. The molecule has 1 aromatic rings. The van der Waals surface area contributed by atoms with E-state index >= 15 is 0 Å². The maximum atomic E-state index is 3.70. The Bertz CT molecular complexity index is 366. The van der Waals surface area contributed by atoms with Crippen LogP contribution in [0.1, 0.15) is 56.6 Å². The molecule has 1 aliphatic carbocycles. The van der Waals surface area contributed by atoms with Crippen molar-refractivity contribution in [3.05, 3.63) is 35.4 Å². The molecule has 0 bridgehead atoms. The fourth-order valence-electron chi connectivity index (χ4n) is 3.46. The van der Waals surface area contributed by atoms with E-state index in [0.29, 0.717) is 6.04 Å². The second-order valence-electron chi connectivity index (χ2n) is 6.11. The summed E-state index contributed by atoms with van der Waals surface area (Å²) in [4.78, 5) is 0. The third-order valence-electron chi connectivity index (χ3n) is 4.61. The van der Waals surface area contributed by atoms with Gasteiger partial charge in [-0.2, -0.15) is 0 Å². The molecule has 2 rings (SSSR count). The lowest BCUT2D eigenvalue weighted by Gasteiger charge is -2.21. The van der Waals surface area contributed by atoms with Crippen molar-refractivity contribution < 1.29 is 0 Å². The molecule has 1 aromatic carbocycles.